The number of carbonyl (C=O) groups excluding carboxylic acids is 1. The highest BCUT2D eigenvalue weighted by Gasteiger charge is 2.23. The van der Waals surface area contributed by atoms with Gasteiger partial charge in [0.05, 0.1) is 10.3 Å². The Bertz CT molecular complexity index is 1140. The summed E-state index contributed by atoms with van der Waals surface area (Å²) >= 11 is 1.48. The smallest absolute Gasteiger partial charge is 0.261 e. The predicted molar refractivity (Wildman–Crippen MR) is 134 cm³/mol. The van der Waals surface area contributed by atoms with Gasteiger partial charge < -0.3 is 15.1 Å². The number of carbonyl (C=O) groups is 1. The number of benzene rings is 1. The van der Waals surface area contributed by atoms with E-state index in [1.165, 1.54) is 22.5 Å². The second kappa shape index (κ2) is 9.75. The minimum atomic E-state index is 0.00353. The van der Waals surface area contributed by atoms with Gasteiger partial charge in [-0.3, -0.25) is 9.69 Å². The number of nitrogens with one attached hydrogen (secondary N) is 1. The average molecular weight is 465 g/mol. The van der Waals surface area contributed by atoms with Crippen LogP contribution in [0, 0.1) is 6.92 Å². The lowest BCUT2D eigenvalue weighted by atomic mass is 10.00. The first-order valence-electron chi connectivity index (χ1n) is 11.8. The molecule has 0 aliphatic carbocycles. The highest BCUT2D eigenvalue weighted by atomic mass is 32.1. The van der Waals surface area contributed by atoms with Crippen molar-refractivity contribution in [3.63, 3.8) is 0 Å². The molecule has 8 heteroatoms. The summed E-state index contributed by atoms with van der Waals surface area (Å²) < 4.78 is 0. The standard InChI is InChI=1S/C25H32N6OS/c1-18-21-23(31-14-12-29(2)13-15-31)27-17-28-25(21)33-22(18)24(32)26-9-5-10-30-11-8-19-6-3-4-7-20(19)16-30/h3-4,6-7,17H,5,8-16H2,1-2H3,(H,26,32). The van der Waals surface area contributed by atoms with Crippen molar-refractivity contribution in [1.29, 1.82) is 0 Å². The molecule has 2 aromatic heterocycles. The fraction of sp³-hybridized carbons (Fsp3) is 0.480. The number of thiophene rings is 1. The highest BCUT2D eigenvalue weighted by Crippen LogP contribution is 2.35. The molecule has 4 heterocycles. The molecule has 0 radical (unpaired) electrons. The Hall–Kier alpha value is -2.55. The quantitative estimate of drug-likeness (QED) is 0.566. The van der Waals surface area contributed by atoms with Crippen LogP contribution < -0.4 is 10.2 Å². The summed E-state index contributed by atoms with van der Waals surface area (Å²) in [4.78, 5) is 30.9. The fourth-order valence-electron chi connectivity index (χ4n) is 4.86. The third-order valence-electron chi connectivity index (χ3n) is 6.86. The van der Waals surface area contributed by atoms with Crippen molar-refractivity contribution in [3.8, 4) is 0 Å². The zero-order valence-electron chi connectivity index (χ0n) is 19.5. The maximum Gasteiger partial charge on any atom is 0.261 e. The molecule has 0 spiro atoms. The van der Waals surface area contributed by atoms with Crippen molar-refractivity contribution < 1.29 is 4.79 Å². The maximum atomic E-state index is 13.0. The van der Waals surface area contributed by atoms with Crippen molar-refractivity contribution in [2.75, 3.05) is 57.8 Å². The molecule has 0 saturated carbocycles. The van der Waals surface area contributed by atoms with Crippen LogP contribution in [0.15, 0.2) is 30.6 Å². The molecule has 1 fully saturated rings. The van der Waals surface area contributed by atoms with Crippen molar-refractivity contribution in [2.45, 2.75) is 26.3 Å². The molecule has 2 aliphatic heterocycles. The number of fused-ring (bicyclic) bond motifs is 2. The molecule has 1 aromatic carbocycles. The number of likely N-dealkylation sites (N-methyl/N-ethyl adjacent to an activating group) is 1. The van der Waals surface area contributed by atoms with Crippen LogP contribution >= 0.6 is 11.3 Å². The monoisotopic (exact) mass is 464 g/mol. The van der Waals surface area contributed by atoms with E-state index in [9.17, 15) is 4.79 Å². The minimum Gasteiger partial charge on any atom is -0.353 e. The van der Waals surface area contributed by atoms with E-state index in [4.69, 9.17) is 0 Å². The summed E-state index contributed by atoms with van der Waals surface area (Å²) in [6.45, 7) is 9.74. The van der Waals surface area contributed by atoms with Crippen LogP contribution in [0.4, 0.5) is 5.82 Å². The van der Waals surface area contributed by atoms with Crippen LogP contribution in [-0.2, 0) is 13.0 Å². The SMILES string of the molecule is Cc1c(C(=O)NCCCN2CCc3ccccc3C2)sc2ncnc(N3CCN(C)CC3)c12. The Labute approximate surface area is 199 Å². The van der Waals surface area contributed by atoms with Gasteiger partial charge in [-0.25, -0.2) is 9.97 Å². The van der Waals surface area contributed by atoms with Gasteiger partial charge in [0.15, 0.2) is 0 Å². The largest absolute Gasteiger partial charge is 0.353 e. The molecule has 0 bridgehead atoms. The van der Waals surface area contributed by atoms with Gasteiger partial charge in [0.2, 0.25) is 0 Å². The predicted octanol–water partition coefficient (Wildman–Crippen LogP) is 2.93. The highest BCUT2D eigenvalue weighted by molar-refractivity contribution is 7.20. The van der Waals surface area contributed by atoms with E-state index in [1.54, 1.807) is 6.33 Å². The molecule has 1 amide bonds. The van der Waals surface area contributed by atoms with Gasteiger partial charge in [0, 0.05) is 52.4 Å². The number of aromatic nitrogens is 2. The molecular weight excluding hydrogens is 432 g/mol. The summed E-state index contributed by atoms with van der Waals surface area (Å²) in [5.74, 6) is 0.968. The summed E-state index contributed by atoms with van der Waals surface area (Å²) in [5.41, 5.74) is 3.90. The van der Waals surface area contributed by atoms with Crippen LogP contribution in [0.5, 0.6) is 0 Å². The van der Waals surface area contributed by atoms with E-state index >= 15 is 0 Å². The molecule has 33 heavy (non-hydrogen) atoms. The third-order valence-corrected chi connectivity index (χ3v) is 8.06. The van der Waals surface area contributed by atoms with E-state index in [0.717, 1.165) is 85.1 Å². The third kappa shape index (κ3) is 4.74. The van der Waals surface area contributed by atoms with Crippen LogP contribution in [-0.4, -0.2) is 78.5 Å². The second-order valence-corrected chi connectivity index (χ2v) is 10.1. The fourth-order valence-corrected chi connectivity index (χ4v) is 5.92. The molecule has 5 rings (SSSR count). The summed E-state index contributed by atoms with van der Waals surface area (Å²) in [6.07, 6.45) is 3.69. The number of aryl methyl sites for hydroxylation is 1. The molecule has 0 unspecified atom stereocenters. The number of rotatable bonds is 6. The first-order chi connectivity index (χ1) is 16.1. The molecular formula is C25H32N6OS. The first kappa shape index (κ1) is 22.3. The zero-order valence-corrected chi connectivity index (χ0v) is 20.3. The molecule has 1 saturated heterocycles. The van der Waals surface area contributed by atoms with Crippen molar-refractivity contribution in [3.05, 3.63) is 52.2 Å². The Balaban J connectivity index is 1.20. The number of piperazine rings is 1. The number of nitrogens with zero attached hydrogens (tertiary/aromatic N) is 5. The number of hydrogen-bond donors (Lipinski definition) is 1. The average Bonchev–Trinajstić information content (AvgIpc) is 3.19. The van der Waals surface area contributed by atoms with Gasteiger partial charge >= 0.3 is 0 Å². The van der Waals surface area contributed by atoms with Crippen LogP contribution in [0.2, 0.25) is 0 Å². The first-order valence-corrected chi connectivity index (χ1v) is 12.7. The summed E-state index contributed by atoms with van der Waals surface area (Å²) in [6, 6.07) is 8.71. The lowest BCUT2D eigenvalue weighted by Crippen LogP contribution is -2.44. The maximum absolute atomic E-state index is 13.0. The molecule has 2 aliphatic rings. The van der Waals surface area contributed by atoms with Gasteiger partial charge in [-0.15, -0.1) is 11.3 Å². The molecule has 7 nitrogen and oxygen atoms in total. The zero-order chi connectivity index (χ0) is 22.8. The van der Waals surface area contributed by atoms with Crippen molar-refractivity contribution >= 4 is 33.3 Å². The Morgan fingerprint density at radius 2 is 1.88 bits per heavy atom. The minimum absolute atomic E-state index is 0.00353. The van der Waals surface area contributed by atoms with E-state index in [0.29, 0.717) is 6.54 Å². The summed E-state index contributed by atoms with van der Waals surface area (Å²) in [5, 5.41) is 4.17. The Morgan fingerprint density at radius 1 is 1.09 bits per heavy atom. The van der Waals surface area contributed by atoms with E-state index < -0.39 is 0 Å². The van der Waals surface area contributed by atoms with Crippen LogP contribution in [0.25, 0.3) is 10.2 Å². The van der Waals surface area contributed by atoms with E-state index in [2.05, 4.69) is 61.3 Å². The lowest BCUT2D eigenvalue weighted by Gasteiger charge is -2.33. The normalized spacial score (nSPS) is 17.3. The Kier molecular flexibility index (Phi) is 6.57. The summed E-state index contributed by atoms with van der Waals surface area (Å²) in [7, 11) is 2.15. The van der Waals surface area contributed by atoms with Crippen molar-refractivity contribution in [2.24, 2.45) is 0 Å². The number of amides is 1. The van der Waals surface area contributed by atoms with Gasteiger partial charge in [-0.05, 0) is 43.5 Å². The Morgan fingerprint density at radius 3 is 2.70 bits per heavy atom. The van der Waals surface area contributed by atoms with E-state index in [-0.39, 0.29) is 5.91 Å². The molecule has 0 atom stereocenters. The molecule has 1 N–H and O–H groups in total. The van der Waals surface area contributed by atoms with Gasteiger partial charge in [0.25, 0.3) is 5.91 Å². The topological polar surface area (TPSA) is 64.6 Å². The number of anilines is 1. The lowest BCUT2D eigenvalue weighted by molar-refractivity contribution is 0.0955. The van der Waals surface area contributed by atoms with E-state index in [1.807, 2.05) is 6.92 Å². The van der Waals surface area contributed by atoms with Gasteiger partial charge in [0.1, 0.15) is 17.0 Å². The number of hydrogen-bond acceptors (Lipinski definition) is 7. The van der Waals surface area contributed by atoms with Crippen molar-refractivity contribution in [1.82, 2.24) is 25.1 Å². The van der Waals surface area contributed by atoms with Crippen LogP contribution in [0.1, 0.15) is 32.8 Å². The molecule has 174 valence electrons. The van der Waals surface area contributed by atoms with Crippen LogP contribution in [0.3, 0.4) is 0 Å². The second-order valence-electron chi connectivity index (χ2n) is 9.13. The van der Waals surface area contributed by atoms with Gasteiger partial charge in [-0.2, -0.15) is 0 Å². The molecule has 3 aromatic rings. The van der Waals surface area contributed by atoms with Gasteiger partial charge in [-0.1, -0.05) is 24.3 Å².